The van der Waals surface area contributed by atoms with Crippen LogP contribution in [0.3, 0.4) is 0 Å². The lowest BCUT2D eigenvalue weighted by Gasteiger charge is -2.29. The average Bonchev–Trinajstić information content (AvgIpc) is 3.70. The number of ether oxygens (including phenoxy) is 1. The van der Waals surface area contributed by atoms with Gasteiger partial charge in [-0.2, -0.15) is 5.10 Å². The molecule has 0 aliphatic heterocycles. The number of rotatable bonds is 7. The van der Waals surface area contributed by atoms with Gasteiger partial charge in [-0.05, 0) is 90.9 Å². The molecule has 0 saturated carbocycles. The Morgan fingerprint density at radius 1 is 0.680 bits per heavy atom. The number of nitrogens with zero attached hydrogens (tertiary/aromatic N) is 6. The van der Waals surface area contributed by atoms with Crippen LogP contribution in [0.4, 0.5) is 11.4 Å². The molecule has 7 aromatic rings. The molecule has 0 N–H and O–H groups in total. The SMILES string of the molecule is Cc1c(C)c(N(C)C)c(-c2cnn(-c3cccc(Oc4ccc5c6ccccc6n(-c6cc(C(C)(C)C)ccn6)c5c4)c3)c2)c(N(C)C)c1C. The monoisotopic (exact) mass is 662 g/mol. The number of aromatic nitrogens is 4. The van der Waals surface area contributed by atoms with Crippen molar-refractivity contribution in [2.24, 2.45) is 0 Å². The Kier molecular flexibility index (Phi) is 8.17. The molecule has 0 unspecified atom stereocenters. The van der Waals surface area contributed by atoms with E-state index >= 15 is 0 Å². The van der Waals surface area contributed by atoms with Crippen molar-refractivity contribution in [2.45, 2.75) is 47.0 Å². The number of fused-ring (bicyclic) bond motifs is 3. The molecule has 0 saturated heterocycles. The van der Waals surface area contributed by atoms with Crippen LogP contribution >= 0.6 is 0 Å². The van der Waals surface area contributed by atoms with E-state index in [9.17, 15) is 0 Å². The average molecular weight is 663 g/mol. The van der Waals surface area contributed by atoms with E-state index in [1.807, 2.05) is 41.3 Å². The van der Waals surface area contributed by atoms with E-state index in [4.69, 9.17) is 14.8 Å². The summed E-state index contributed by atoms with van der Waals surface area (Å²) in [5, 5.41) is 7.18. The van der Waals surface area contributed by atoms with Crippen LogP contribution in [0.15, 0.2) is 97.5 Å². The van der Waals surface area contributed by atoms with Crippen molar-refractivity contribution in [1.82, 2.24) is 19.3 Å². The van der Waals surface area contributed by atoms with Crippen LogP contribution in [0.2, 0.25) is 0 Å². The summed E-state index contributed by atoms with van der Waals surface area (Å²) in [7, 11) is 8.45. The van der Waals surface area contributed by atoms with Gasteiger partial charge in [0.2, 0.25) is 0 Å². The molecule has 0 aliphatic rings. The Morgan fingerprint density at radius 3 is 2.06 bits per heavy atom. The fraction of sp³-hybridized carbons (Fsp3) is 0.256. The van der Waals surface area contributed by atoms with Gasteiger partial charge in [0.1, 0.15) is 17.3 Å². The molecule has 0 atom stereocenters. The predicted molar refractivity (Wildman–Crippen MR) is 209 cm³/mol. The lowest BCUT2D eigenvalue weighted by molar-refractivity contribution is 0.483. The minimum atomic E-state index is 0.00633. The Morgan fingerprint density at radius 2 is 1.36 bits per heavy atom. The highest BCUT2D eigenvalue weighted by atomic mass is 16.5. The van der Waals surface area contributed by atoms with Gasteiger partial charge in [-0.3, -0.25) is 4.57 Å². The zero-order chi connectivity index (χ0) is 35.5. The molecule has 0 aliphatic carbocycles. The first-order chi connectivity index (χ1) is 23.8. The van der Waals surface area contributed by atoms with Crippen molar-refractivity contribution in [3.8, 4) is 34.1 Å². The van der Waals surface area contributed by atoms with Crippen molar-refractivity contribution >= 4 is 33.2 Å². The van der Waals surface area contributed by atoms with Crippen LogP contribution in [-0.2, 0) is 5.41 Å². The topological polar surface area (TPSA) is 51.4 Å². The smallest absolute Gasteiger partial charge is 0.137 e. The highest BCUT2D eigenvalue weighted by molar-refractivity contribution is 6.09. The highest BCUT2D eigenvalue weighted by Gasteiger charge is 2.23. The first-order valence-corrected chi connectivity index (χ1v) is 17.2. The van der Waals surface area contributed by atoms with E-state index in [1.165, 1.54) is 44.6 Å². The van der Waals surface area contributed by atoms with Crippen LogP contribution in [0, 0.1) is 20.8 Å². The minimum absolute atomic E-state index is 0.00633. The third kappa shape index (κ3) is 5.66. The molecule has 0 fully saturated rings. The molecule has 0 amide bonds. The fourth-order valence-electron chi connectivity index (χ4n) is 7.20. The number of hydrogen-bond acceptors (Lipinski definition) is 5. The van der Waals surface area contributed by atoms with Gasteiger partial charge in [0.05, 0.1) is 22.9 Å². The zero-order valence-electron chi connectivity index (χ0n) is 30.8. The second-order valence-corrected chi connectivity index (χ2v) is 14.7. The van der Waals surface area contributed by atoms with E-state index in [-0.39, 0.29) is 5.41 Å². The van der Waals surface area contributed by atoms with Crippen molar-refractivity contribution in [2.75, 3.05) is 38.0 Å². The van der Waals surface area contributed by atoms with Crippen LogP contribution in [0.25, 0.3) is 44.4 Å². The first kappa shape index (κ1) is 33.0. The molecule has 7 nitrogen and oxygen atoms in total. The van der Waals surface area contributed by atoms with Crippen molar-refractivity contribution in [1.29, 1.82) is 0 Å². The number of pyridine rings is 1. The summed E-state index contributed by atoms with van der Waals surface area (Å²) in [4.78, 5) is 9.25. The number of hydrogen-bond donors (Lipinski definition) is 0. The Balaban J connectivity index is 1.27. The molecular weight excluding hydrogens is 617 g/mol. The highest BCUT2D eigenvalue weighted by Crippen LogP contribution is 2.45. The number of anilines is 2. The third-order valence-corrected chi connectivity index (χ3v) is 9.88. The fourth-order valence-corrected chi connectivity index (χ4v) is 7.20. The molecule has 7 rings (SSSR count). The second-order valence-electron chi connectivity index (χ2n) is 14.7. The molecule has 50 heavy (non-hydrogen) atoms. The normalized spacial score (nSPS) is 11.8. The van der Waals surface area contributed by atoms with E-state index in [0.29, 0.717) is 0 Å². The molecular formula is C43H46N6O. The van der Waals surface area contributed by atoms with Crippen molar-refractivity contribution in [3.63, 3.8) is 0 Å². The molecule has 3 aromatic heterocycles. The molecule has 3 heterocycles. The molecule has 0 radical (unpaired) electrons. The van der Waals surface area contributed by atoms with Gasteiger partial charge in [0, 0.05) is 86.0 Å². The number of benzene rings is 4. The first-order valence-electron chi connectivity index (χ1n) is 17.2. The van der Waals surface area contributed by atoms with Gasteiger partial charge < -0.3 is 14.5 Å². The van der Waals surface area contributed by atoms with E-state index in [2.05, 4.69) is 145 Å². The quantitative estimate of drug-likeness (QED) is 0.170. The molecule has 254 valence electrons. The minimum Gasteiger partial charge on any atom is -0.457 e. The van der Waals surface area contributed by atoms with Crippen molar-refractivity contribution in [3.05, 3.63) is 120 Å². The summed E-state index contributed by atoms with van der Waals surface area (Å²) in [5.41, 5.74) is 12.9. The Hall–Kier alpha value is -5.56. The third-order valence-electron chi connectivity index (χ3n) is 9.88. The lowest BCUT2D eigenvalue weighted by Crippen LogP contribution is -2.18. The maximum Gasteiger partial charge on any atom is 0.137 e. The van der Waals surface area contributed by atoms with E-state index < -0.39 is 0 Å². The maximum atomic E-state index is 6.56. The lowest BCUT2D eigenvalue weighted by atomic mass is 9.88. The van der Waals surface area contributed by atoms with Crippen molar-refractivity contribution < 1.29 is 4.74 Å². The second kappa shape index (κ2) is 12.4. The molecule has 0 spiro atoms. The maximum absolute atomic E-state index is 6.56. The summed E-state index contributed by atoms with van der Waals surface area (Å²) < 4.78 is 10.7. The summed E-state index contributed by atoms with van der Waals surface area (Å²) in [5.74, 6) is 2.38. The Bertz CT molecular complexity index is 2350. The zero-order valence-corrected chi connectivity index (χ0v) is 30.8. The Labute approximate surface area is 295 Å². The number of para-hydroxylation sites is 1. The summed E-state index contributed by atoms with van der Waals surface area (Å²) in [6.45, 7) is 13.3. The van der Waals surface area contributed by atoms with Gasteiger partial charge >= 0.3 is 0 Å². The van der Waals surface area contributed by atoms with Gasteiger partial charge in [-0.1, -0.05) is 45.0 Å². The standard InChI is InChI=1S/C43H46N6O/c1-27-28(2)41(46(7)8)40(42(29(27)3)47(9)10)30-25-45-48(26-30)32-14-13-15-33(23-32)50-34-18-19-36-35-16-11-12-17-37(35)49(38(36)24-34)39-22-31(20-21-44-39)43(4,5)6/h11-26H,1-10H3. The summed E-state index contributed by atoms with van der Waals surface area (Å²) >= 11 is 0. The van der Waals surface area contributed by atoms with Crippen LogP contribution in [0.1, 0.15) is 43.0 Å². The van der Waals surface area contributed by atoms with Gasteiger partial charge in [-0.25, -0.2) is 9.67 Å². The van der Waals surface area contributed by atoms with Gasteiger partial charge in [0.15, 0.2) is 0 Å². The molecule has 4 aromatic carbocycles. The van der Waals surface area contributed by atoms with Crippen LogP contribution in [0.5, 0.6) is 11.5 Å². The van der Waals surface area contributed by atoms with Crippen LogP contribution < -0.4 is 14.5 Å². The van der Waals surface area contributed by atoms with Crippen LogP contribution in [-0.4, -0.2) is 47.5 Å². The largest absolute Gasteiger partial charge is 0.457 e. The predicted octanol–water partition coefficient (Wildman–Crippen LogP) is 10.2. The van der Waals surface area contributed by atoms with Gasteiger partial charge in [0.25, 0.3) is 0 Å². The molecule has 0 bridgehead atoms. The summed E-state index contributed by atoms with van der Waals surface area (Å²) in [6.07, 6.45) is 5.99. The van der Waals surface area contributed by atoms with Gasteiger partial charge in [-0.15, -0.1) is 0 Å². The molecule has 7 heteroatoms. The van der Waals surface area contributed by atoms with E-state index in [1.54, 1.807) is 0 Å². The van der Waals surface area contributed by atoms with E-state index in [0.717, 1.165) is 45.0 Å². The summed E-state index contributed by atoms with van der Waals surface area (Å²) in [6, 6.07) is 27.2.